The van der Waals surface area contributed by atoms with Gasteiger partial charge in [-0.25, -0.2) is 14.8 Å². The van der Waals surface area contributed by atoms with Gasteiger partial charge < -0.3 is 9.84 Å². The van der Waals surface area contributed by atoms with Gasteiger partial charge in [0.15, 0.2) is 0 Å². The molecule has 0 bridgehead atoms. The second-order valence-corrected chi connectivity index (χ2v) is 4.33. The van der Waals surface area contributed by atoms with Crippen LogP contribution in [0.3, 0.4) is 0 Å². The van der Waals surface area contributed by atoms with Gasteiger partial charge >= 0.3 is 5.97 Å². The number of hydrogen-bond donors (Lipinski definition) is 1. The summed E-state index contributed by atoms with van der Waals surface area (Å²) >= 11 is 0. The third kappa shape index (κ3) is 3.23. The van der Waals surface area contributed by atoms with Crippen LogP contribution in [0.4, 0.5) is 0 Å². The number of rotatable bonds is 6. The molecule has 0 aromatic carbocycles. The fourth-order valence-corrected chi connectivity index (χ4v) is 1.85. The van der Waals surface area contributed by atoms with E-state index in [-0.39, 0.29) is 12.2 Å². The fraction of sp³-hybridized carbons (Fsp3) is 0.583. The third-order valence-corrected chi connectivity index (χ3v) is 3.16. The van der Waals surface area contributed by atoms with Crippen molar-refractivity contribution in [2.75, 3.05) is 6.61 Å². The third-order valence-electron chi connectivity index (χ3n) is 3.16. The Morgan fingerprint density at radius 1 is 1.53 bits per heavy atom. The lowest BCUT2D eigenvalue weighted by molar-refractivity contribution is 0.0677. The zero-order valence-corrected chi connectivity index (χ0v) is 9.63. The first kappa shape index (κ1) is 12.0. The summed E-state index contributed by atoms with van der Waals surface area (Å²) in [4.78, 5) is 18.5. The molecule has 1 aliphatic rings. The van der Waals surface area contributed by atoms with Crippen LogP contribution in [0, 0.1) is 5.92 Å². The second kappa shape index (κ2) is 5.72. The molecule has 1 aromatic heterocycles. The van der Waals surface area contributed by atoms with E-state index in [0.717, 1.165) is 12.3 Å². The van der Waals surface area contributed by atoms with Gasteiger partial charge in [0.25, 0.3) is 0 Å². The summed E-state index contributed by atoms with van der Waals surface area (Å²) in [5.74, 6) is -0.206. The van der Waals surface area contributed by atoms with E-state index in [9.17, 15) is 4.79 Å². The molecule has 5 heteroatoms. The molecule has 2 rings (SSSR count). The van der Waals surface area contributed by atoms with E-state index < -0.39 is 5.97 Å². The molecular weight excluding hydrogens is 220 g/mol. The first-order valence-corrected chi connectivity index (χ1v) is 5.87. The Balaban J connectivity index is 1.79. The highest BCUT2D eigenvalue weighted by molar-refractivity contribution is 5.88. The lowest BCUT2D eigenvalue weighted by Gasteiger charge is -2.24. The zero-order chi connectivity index (χ0) is 12.1. The highest BCUT2D eigenvalue weighted by Crippen LogP contribution is 2.29. The predicted molar refractivity (Wildman–Crippen MR) is 60.6 cm³/mol. The normalized spacial score (nSPS) is 15.5. The summed E-state index contributed by atoms with van der Waals surface area (Å²) < 4.78 is 5.46. The van der Waals surface area contributed by atoms with Crippen molar-refractivity contribution in [1.82, 2.24) is 9.97 Å². The number of nitrogens with zero attached hydrogens (tertiary/aromatic N) is 2. The SMILES string of the molecule is O=C(O)c1cncnc1COCCC1CCC1. The molecule has 1 fully saturated rings. The van der Waals surface area contributed by atoms with Gasteiger partial charge in [-0.05, 0) is 12.3 Å². The zero-order valence-electron chi connectivity index (χ0n) is 9.63. The Kier molecular flexibility index (Phi) is 4.03. The molecule has 1 aliphatic carbocycles. The summed E-state index contributed by atoms with van der Waals surface area (Å²) in [7, 11) is 0. The number of ether oxygens (including phenoxy) is 1. The number of aromatic nitrogens is 2. The van der Waals surface area contributed by atoms with Gasteiger partial charge in [-0.1, -0.05) is 19.3 Å². The summed E-state index contributed by atoms with van der Waals surface area (Å²) in [6.45, 7) is 0.921. The first-order chi connectivity index (χ1) is 8.27. The molecule has 17 heavy (non-hydrogen) atoms. The lowest BCUT2D eigenvalue weighted by atomic mass is 9.83. The van der Waals surface area contributed by atoms with Gasteiger partial charge in [-0.3, -0.25) is 0 Å². The van der Waals surface area contributed by atoms with Crippen molar-refractivity contribution in [1.29, 1.82) is 0 Å². The molecule has 0 amide bonds. The average molecular weight is 236 g/mol. The molecule has 0 radical (unpaired) electrons. The molecule has 1 saturated carbocycles. The quantitative estimate of drug-likeness (QED) is 0.763. The van der Waals surface area contributed by atoms with E-state index >= 15 is 0 Å². The Hall–Kier alpha value is -1.49. The standard InChI is InChI=1S/C12H16N2O3/c15-12(16)10-6-13-8-14-11(10)7-17-5-4-9-2-1-3-9/h6,8-9H,1-5,7H2,(H,15,16). The molecule has 0 atom stereocenters. The fourth-order valence-electron chi connectivity index (χ4n) is 1.85. The molecule has 5 nitrogen and oxygen atoms in total. The second-order valence-electron chi connectivity index (χ2n) is 4.33. The molecule has 0 spiro atoms. The minimum atomic E-state index is -1.01. The summed E-state index contributed by atoms with van der Waals surface area (Å²) in [5.41, 5.74) is 0.567. The summed E-state index contributed by atoms with van der Waals surface area (Å²) in [5, 5.41) is 8.92. The van der Waals surface area contributed by atoms with Crippen LogP contribution in [0.2, 0.25) is 0 Å². The summed E-state index contributed by atoms with van der Waals surface area (Å²) in [6.07, 6.45) is 7.65. The largest absolute Gasteiger partial charge is 0.478 e. The van der Waals surface area contributed by atoms with Crippen LogP contribution < -0.4 is 0 Å². The van der Waals surface area contributed by atoms with Crippen LogP contribution in [-0.2, 0) is 11.3 Å². The van der Waals surface area contributed by atoms with Crippen molar-refractivity contribution in [3.8, 4) is 0 Å². The Labute approximate surface area is 99.9 Å². The summed E-state index contributed by atoms with van der Waals surface area (Å²) in [6, 6.07) is 0. The molecule has 0 saturated heterocycles. The highest BCUT2D eigenvalue weighted by atomic mass is 16.5. The Morgan fingerprint density at radius 3 is 3.00 bits per heavy atom. The molecule has 1 aromatic rings. The Bertz CT molecular complexity index is 391. The smallest absolute Gasteiger partial charge is 0.339 e. The molecule has 0 unspecified atom stereocenters. The molecule has 1 N–H and O–H groups in total. The van der Waals surface area contributed by atoms with Crippen molar-refractivity contribution in [2.45, 2.75) is 32.3 Å². The highest BCUT2D eigenvalue weighted by Gasteiger charge is 2.17. The van der Waals surface area contributed by atoms with Crippen LogP contribution in [0.15, 0.2) is 12.5 Å². The maximum Gasteiger partial charge on any atom is 0.339 e. The minimum absolute atomic E-state index is 0.121. The number of carbonyl (C=O) groups is 1. The van der Waals surface area contributed by atoms with E-state index in [2.05, 4.69) is 9.97 Å². The van der Waals surface area contributed by atoms with Crippen LogP contribution in [0.25, 0.3) is 0 Å². The topological polar surface area (TPSA) is 72.3 Å². The van der Waals surface area contributed by atoms with E-state index in [0.29, 0.717) is 12.3 Å². The van der Waals surface area contributed by atoms with Crippen LogP contribution >= 0.6 is 0 Å². The van der Waals surface area contributed by atoms with Gasteiger partial charge in [-0.2, -0.15) is 0 Å². The van der Waals surface area contributed by atoms with Crippen molar-refractivity contribution in [3.05, 3.63) is 23.8 Å². The molecule has 1 heterocycles. The predicted octanol–water partition coefficient (Wildman–Crippen LogP) is 1.88. The first-order valence-electron chi connectivity index (χ1n) is 5.87. The van der Waals surface area contributed by atoms with Crippen LogP contribution in [0.1, 0.15) is 41.7 Å². The van der Waals surface area contributed by atoms with Gasteiger partial charge in [-0.15, -0.1) is 0 Å². The van der Waals surface area contributed by atoms with E-state index in [1.165, 1.54) is 31.8 Å². The Morgan fingerprint density at radius 2 is 2.35 bits per heavy atom. The average Bonchev–Trinajstić information content (AvgIpc) is 2.26. The maximum absolute atomic E-state index is 10.9. The lowest BCUT2D eigenvalue weighted by Crippen LogP contribution is -2.14. The van der Waals surface area contributed by atoms with E-state index in [1.807, 2.05) is 0 Å². The van der Waals surface area contributed by atoms with Crippen molar-refractivity contribution in [2.24, 2.45) is 5.92 Å². The number of aromatic carboxylic acids is 1. The maximum atomic E-state index is 10.9. The number of carboxylic acids is 1. The van der Waals surface area contributed by atoms with E-state index in [1.54, 1.807) is 0 Å². The molecular formula is C12H16N2O3. The molecule has 92 valence electrons. The van der Waals surface area contributed by atoms with Gasteiger partial charge in [0, 0.05) is 12.8 Å². The molecule has 0 aliphatic heterocycles. The van der Waals surface area contributed by atoms with Crippen molar-refractivity contribution in [3.63, 3.8) is 0 Å². The van der Waals surface area contributed by atoms with Gasteiger partial charge in [0.2, 0.25) is 0 Å². The van der Waals surface area contributed by atoms with Crippen LogP contribution in [0.5, 0.6) is 0 Å². The van der Waals surface area contributed by atoms with Gasteiger partial charge in [0.1, 0.15) is 11.9 Å². The monoisotopic (exact) mass is 236 g/mol. The van der Waals surface area contributed by atoms with Crippen molar-refractivity contribution >= 4 is 5.97 Å². The van der Waals surface area contributed by atoms with Crippen LogP contribution in [-0.4, -0.2) is 27.7 Å². The van der Waals surface area contributed by atoms with Gasteiger partial charge in [0.05, 0.1) is 12.3 Å². The van der Waals surface area contributed by atoms with Crippen molar-refractivity contribution < 1.29 is 14.6 Å². The minimum Gasteiger partial charge on any atom is -0.478 e. The number of carboxylic acid groups (broad SMARTS) is 1. The van der Waals surface area contributed by atoms with E-state index in [4.69, 9.17) is 9.84 Å². The number of hydrogen-bond acceptors (Lipinski definition) is 4.